The standard InChI is InChI=1S/C17H21NO4/c1-4-21-16(19)15(17(20)22-5-2)11(3)13-10-18-14-9-7-6-8-12(13)14/h6-11,15,18H,4-5H2,1-3H3/t11-/m1/s1. The molecule has 22 heavy (non-hydrogen) atoms. The maximum atomic E-state index is 12.2. The number of H-pyrrole nitrogens is 1. The van der Waals surface area contributed by atoms with Gasteiger partial charge in [0.25, 0.3) is 0 Å². The first-order valence-electron chi connectivity index (χ1n) is 7.49. The molecule has 0 aliphatic carbocycles. The van der Waals surface area contributed by atoms with E-state index >= 15 is 0 Å². The second-order valence-electron chi connectivity index (χ2n) is 5.06. The van der Waals surface area contributed by atoms with E-state index in [9.17, 15) is 9.59 Å². The predicted molar refractivity (Wildman–Crippen MR) is 83.5 cm³/mol. The number of aromatic amines is 1. The molecule has 0 radical (unpaired) electrons. The summed E-state index contributed by atoms with van der Waals surface area (Å²) in [6.07, 6.45) is 1.83. The third kappa shape index (κ3) is 3.13. The molecule has 1 aromatic carbocycles. The van der Waals surface area contributed by atoms with Gasteiger partial charge >= 0.3 is 11.9 Å². The number of para-hydroxylation sites is 1. The van der Waals surface area contributed by atoms with Gasteiger partial charge in [-0.15, -0.1) is 0 Å². The van der Waals surface area contributed by atoms with Crippen molar-refractivity contribution in [2.45, 2.75) is 26.7 Å². The maximum Gasteiger partial charge on any atom is 0.320 e. The van der Waals surface area contributed by atoms with Crippen molar-refractivity contribution in [2.75, 3.05) is 13.2 Å². The molecular weight excluding hydrogens is 282 g/mol. The molecule has 0 aliphatic heterocycles. The molecule has 5 heteroatoms. The van der Waals surface area contributed by atoms with Crippen LogP contribution in [-0.4, -0.2) is 30.1 Å². The van der Waals surface area contributed by atoms with Crippen LogP contribution >= 0.6 is 0 Å². The largest absolute Gasteiger partial charge is 0.465 e. The van der Waals surface area contributed by atoms with E-state index in [1.54, 1.807) is 13.8 Å². The molecular formula is C17H21NO4. The summed E-state index contributed by atoms with van der Waals surface area (Å²) in [7, 11) is 0. The van der Waals surface area contributed by atoms with Crippen LogP contribution in [-0.2, 0) is 19.1 Å². The molecule has 0 bridgehead atoms. The number of carbonyl (C=O) groups is 2. The molecule has 2 aromatic rings. The van der Waals surface area contributed by atoms with Crippen molar-refractivity contribution in [3.8, 4) is 0 Å². The number of nitrogens with one attached hydrogen (secondary N) is 1. The van der Waals surface area contributed by atoms with Gasteiger partial charge in [0.05, 0.1) is 13.2 Å². The molecule has 0 fully saturated rings. The van der Waals surface area contributed by atoms with Crippen molar-refractivity contribution in [3.63, 3.8) is 0 Å². The average Bonchev–Trinajstić information content (AvgIpc) is 2.92. The van der Waals surface area contributed by atoms with Crippen LogP contribution in [0.15, 0.2) is 30.5 Å². The Bertz CT molecular complexity index is 643. The lowest BCUT2D eigenvalue weighted by Gasteiger charge is -2.20. The van der Waals surface area contributed by atoms with Gasteiger partial charge in [-0.3, -0.25) is 9.59 Å². The Morgan fingerprint density at radius 3 is 2.27 bits per heavy atom. The van der Waals surface area contributed by atoms with Gasteiger partial charge in [0.15, 0.2) is 5.92 Å². The number of hydrogen-bond donors (Lipinski definition) is 1. The number of aromatic nitrogens is 1. The monoisotopic (exact) mass is 303 g/mol. The summed E-state index contributed by atoms with van der Waals surface area (Å²) >= 11 is 0. The third-order valence-corrected chi connectivity index (χ3v) is 3.69. The lowest BCUT2D eigenvalue weighted by Crippen LogP contribution is -2.32. The maximum absolute atomic E-state index is 12.2. The van der Waals surface area contributed by atoms with E-state index in [2.05, 4.69) is 4.98 Å². The van der Waals surface area contributed by atoms with Crippen molar-refractivity contribution in [2.24, 2.45) is 5.92 Å². The highest BCUT2D eigenvalue weighted by Gasteiger charge is 2.36. The van der Waals surface area contributed by atoms with Gasteiger partial charge in [-0.1, -0.05) is 25.1 Å². The highest BCUT2D eigenvalue weighted by Crippen LogP contribution is 2.32. The number of fused-ring (bicyclic) bond motifs is 1. The predicted octanol–water partition coefficient (Wildman–Crippen LogP) is 3.01. The number of carbonyl (C=O) groups excluding carboxylic acids is 2. The molecule has 0 saturated carbocycles. The smallest absolute Gasteiger partial charge is 0.320 e. The number of hydrogen-bond acceptors (Lipinski definition) is 4. The topological polar surface area (TPSA) is 68.4 Å². The van der Waals surface area contributed by atoms with Crippen molar-refractivity contribution >= 4 is 22.8 Å². The molecule has 118 valence electrons. The van der Waals surface area contributed by atoms with E-state index in [4.69, 9.17) is 9.47 Å². The quantitative estimate of drug-likeness (QED) is 0.658. The highest BCUT2D eigenvalue weighted by molar-refractivity contribution is 5.97. The van der Waals surface area contributed by atoms with E-state index in [0.717, 1.165) is 16.5 Å². The Labute approximate surface area is 129 Å². The summed E-state index contributed by atoms with van der Waals surface area (Å²) in [4.78, 5) is 27.6. The van der Waals surface area contributed by atoms with E-state index in [1.165, 1.54) is 0 Å². The van der Waals surface area contributed by atoms with E-state index in [-0.39, 0.29) is 19.1 Å². The molecule has 1 heterocycles. The summed E-state index contributed by atoms with van der Waals surface area (Å²) < 4.78 is 10.1. The SMILES string of the molecule is CCOC(=O)C(C(=O)OCC)[C@H](C)c1c[nH]c2ccccc12. The molecule has 1 atom stereocenters. The van der Waals surface area contributed by atoms with Crippen LogP contribution in [0.5, 0.6) is 0 Å². The van der Waals surface area contributed by atoms with Gasteiger partial charge in [0.2, 0.25) is 0 Å². The van der Waals surface area contributed by atoms with Crippen LogP contribution in [0.1, 0.15) is 32.3 Å². The molecule has 0 saturated heterocycles. The molecule has 1 N–H and O–H groups in total. The Morgan fingerprint density at radius 2 is 1.68 bits per heavy atom. The van der Waals surface area contributed by atoms with Gasteiger partial charge in [-0.25, -0.2) is 0 Å². The lowest BCUT2D eigenvalue weighted by atomic mass is 9.87. The Hall–Kier alpha value is -2.30. The van der Waals surface area contributed by atoms with Crippen LogP contribution < -0.4 is 0 Å². The first-order valence-corrected chi connectivity index (χ1v) is 7.49. The van der Waals surface area contributed by atoms with Crippen molar-refractivity contribution in [1.29, 1.82) is 0 Å². The third-order valence-electron chi connectivity index (χ3n) is 3.69. The summed E-state index contributed by atoms with van der Waals surface area (Å²) in [5, 5.41) is 0.994. The number of rotatable bonds is 6. The Morgan fingerprint density at radius 1 is 1.09 bits per heavy atom. The minimum atomic E-state index is -0.959. The van der Waals surface area contributed by atoms with E-state index in [1.807, 2.05) is 37.4 Å². The average molecular weight is 303 g/mol. The Balaban J connectivity index is 2.37. The van der Waals surface area contributed by atoms with Crippen LogP contribution in [0.25, 0.3) is 10.9 Å². The van der Waals surface area contributed by atoms with Crippen LogP contribution in [0.3, 0.4) is 0 Å². The van der Waals surface area contributed by atoms with Crippen LogP contribution in [0.4, 0.5) is 0 Å². The van der Waals surface area contributed by atoms with E-state index in [0.29, 0.717) is 0 Å². The normalized spacial score (nSPS) is 12.4. The molecule has 5 nitrogen and oxygen atoms in total. The van der Waals surface area contributed by atoms with Gasteiger partial charge in [0, 0.05) is 23.0 Å². The minimum absolute atomic E-state index is 0.231. The van der Waals surface area contributed by atoms with E-state index < -0.39 is 17.9 Å². The van der Waals surface area contributed by atoms with Gasteiger partial charge in [-0.05, 0) is 25.5 Å². The fraction of sp³-hybridized carbons (Fsp3) is 0.412. The van der Waals surface area contributed by atoms with Crippen LogP contribution in [0.2, 0.25) is 0 Å². The summed E-state index contributed by atoms with van der Waals surface area (Å²) in [6, 6.07) is 7.78. The van der Waals surface area contributed by atoms with Gasteiger partial charge < -0.3 is 14.5 Å². The highest BCUT2D eigenvalue weighted by atomic mass is 16.6. The number of esters is 2. The molecule has 0 aliphatic rings. The second kappa shape index (κ2) is 7.11. The first-order chi connectivity index (χ1) is 10.6. The van der Waals surface area contributed by atoms with Crippen molar-refractivity contribution < 1.29 is 19.1 Å². The van der Waals surface area contributed by atoms with Gasteiger partial charge in [-0.2, -0.15) is 0 Å². The van der Waals surface area contributed by atoms with Gasteiger partial charge in [0.1, 0.15) is 0 Å². The number of ether oxygens (including phenoxy) is 2. The summed E-state index contributed by atoms with van der Waals surface area (Å²) in [5.74, 6) is -2.38. The second-order valence-corrected chi connectivity index (χ2v) is 5.06. The summed E-state index contributed by atoms with van der Waals surface area (Å²) in [5.41, 5.74) is 1.87. The fourth-order valence-corrected chi connectivity index (χ4v) is 2.62. The molecule has 1 aromatic heterocycles. The lowest BCUT2D eigenvalue weighted by molar-refractivity contribution is -0.162. The zero-order valence-corrected chi connectivity index (χ0v) is 13.1. The zero-order valence-electron chi connectivity index (χ0n) is 13.1. The minimum Gasteiger partial charge on any atom is -0.465 e. The first kappa shape index (κ1) is 16.1. The molecule has 0 spiro atoms. The molecule has 0 unspecified atom stereocenters. The fourth-order valence-electron chi connectivity index (χ4n) is 2.62. The van der Waals surface area contributed by atoms with Crippen molar-refractivity contribution in [1.82, 2.24) is 4.98 Å². The Kier molecular flexibility index (Phi) is 5.20. The van der Waals surface area contributed by atoms with Crippen molar-refractivity contribution in [3.05, 3.63) is 36.0 Å². The zero-order chi connectivity index (χ0) is 16.1. The molecule has 2 rings (SSSR count). The number of benzene rings is 1. The van der Waals surface area contributed by atoms with Crippen LogP contribution in [0, 0.1) is 5.92 Å². The summed E-state index contributed by atoms with van der Waals surface area (Å²) in [6.45, 7) is 5.74. The molecule has 0 amide bonds.